The van der Waals surface area contributed by atoms with Crippen molar-refractivity contribution in [3.8, 4) is 5.75 Å². The topological polar surface area (TPSA) is 55.4 Å². The number of thioether (sulfide) groups is 1. The van der Waals surface area contributed by atoms with Crippen LogP contribution in [0, 0.1) is 13.8 Å². The largest absolute Gasteiger partial charge is 0.496 e. The van der Waals surface area contributed by atoms with E-state index in [4.69, 9.17) is 16.3 Å². The van der Waals surface area contributed by atoms with E-state index in [1.54, 1.807) is 44.0 Å². The van der Waals surface area contributed by atoms with Gasteiger partial charge in [0.25, 0.3) is 10.0 Å². The van der Waals surface area contributed by atoms with Gasteiger partial charge in [-0.3, -0.25) is 4.72 Å². The molecule has 7 heteroatoms. The number of hydrogen-bond acceptors (Lipinski definition) is 4. The molecule has 1 N–H and O–H groups in total. The van der Waals surface area contributed by atoms with Crippen LogP contribution in [-0.2, 0) is 15.8 Å². The number of ether oxygens (including phenoxy) is 1. The summed E-state index contributed by atoms with van der Waals surface area (Å²) in [4.78, 5) is 1.10. The van der Waals surface area contributed by atoms with Gasteiger partial charge in [0, 0.05) is 15.7 Å². The van der Waals surface area contributed by atoms with Gasteiger partial charge in [-0.25, -0.2) is 8.42 Å². The van der Waals surface area contributed by atoms with Gasteiger partial charge < -0.3 is 4.74 Å². The molecule has 0 amide bonds. The fourth-order valence-corrected chi connectivity index (χ4v) is 5.44. The van der Waals surface area contributed by atoms with Gasteiger partial charge in [-0.1, -0.05) is 35.9 Å². The van der Waals surface area contributed by atoms with E-state index in [1.165, 1.54) is 0 Å². The van der Waals surface area contributed by atoms with Crippen LogP contribution in [0.1, 0.15) is 16.7 Å². The Morgan fingerprint density at radius 2 is 1.69 bits per heavy atom. The number of hydrogen-bond donors (Lipinski definition) is 1. The molecule has 0 atom stereocenters. The Bertz CT molecular complexity index is 1110. The molecule has 0 aliphatic rings. The molecule has 152 valence electrons. The number of halogens is 1. The van der Waals surface area contributed by atoms with E-state index >= 15 is 0 Å². The van der Waals surface area contributed by atoms with Crippen molar-refractivity contribution in [2.45, 2.75) is 29.4 Å². The summed E-state index contributed by atoms with van der Waals surface area (Å²) < 4.78 is 34.2. The lowest BCUT2D eigenvalue weighted by molar-refractivity contribution is 0.411. The van der Waals surface area contributed by atoms with Gasteiger partial charge >= 0.3 is 0 Å². The van der Waals surface area contributed by atoms with E-state index < -0.39 is 10.0 Å². The molecule has 0 fully saturated rings. The van der Waals surface area contributed by atoms with Crippen molar-refractivity contribution in [3.63, 3.8) is 0 Å². The van der Waals surface area contributed by atoms with Crippen molar-refractivity contribution in [1.29, 1.82) is 0 Å². The van der Waals surface area contributed by atoms with Gasteiger partial charge in [0.1, 0.15) is 5.75 Å². The van der Waals surface area contributed by atoms with Gasteiger partial charge in [-0.15, -0.1) is 11.8 Å². The van der Waals surface area contributed by atoms with Crippen LogP contribution in [0.5, 0.6) is 5.75 Å². The minimum atomic E-state index is -3.74. The third-order valence-corrected chi connectivity index (χ3v) is 7.33. The number of para-hydroxylation sites is 1. The van der Waals surface area contributed by atoms with E-state index in [9.17, 15) is 8.42 Å². The SMILES string of the molecule is COc1cc(C)c(S(=O)(=O)Nc2ccccc2SCc2ccc(Cl)cc2)cc1C. The average Bonchev–Trinajstić information content (AvgIpc) is 2.69. The standard InChI is InChI=1S/C22H22ClNO3S2/c1-15-13-22(16(2)12-20(15)27-3)29(25,26)24-19-6-4-5-7-21(19)28-14-17-8-10-18(23)11-9-17/h4-13,24H,14H2,1-3H3. The van der Waals surface area contributed by atoms with Crippen LogP contribution >= 0.6 is 23.4 Å². The van der Waals surface area contributed by atoms with Crippen molar-refractivity contribution in [2.24, 2.45) is 0 Å². The Morgan fingerprint density at radius 3 is 2.38 bits per heavy atom. The molecule has 3 rings (SSSR count). The number of anilines is 1. The van der Waals surface area contributed by atoms with E-state index in [1.807, 2.05) is 49.4 Å². The second-order valence-electron chi connectivity index (χ2n) is 6.60. The number of rotatable bonds is 7. The minimum Gasteiger partial charge on any atom is -0.496 e. The highest BCUT2D eigenvalue weighted by atomic mass is 35.5. The van der Waals surface area contributed by atoms with Crippen LogP contribution in [0.4, 0.5) is 5.69 Å². The second-order valence-corrected chi connectivity index (χ2v) is 9.71. The smallest absolute Gasteiger partial charge is 0.262 e. The molecule has 0 radical (unpaired) electrons. The van der Waals surface area contributed by atoms with Crippen LogP contribution in [0.3, 0.4) is 0 Å². The molecule has 3 aromatic carbocycles. The average molecular weight is 448 g/mol. The zero-order valence-electron chi connectivity index (χ0n) is 16.4. The normalized spacial score (nSPS) is 11.3. The summed E-state index contributed by atoms with van der Waals surface area (Å²) in [5.74, 6) is 1.37. The van der Waals surface area contributed by atoms with Crippen LogP contribution in [0.25, 0.3) is 0 Å². The van der Waals surface area contributed by atoms with E-state index in [-0.39, 0.29) is 4.90 Å². The maximum atomic E-state index is 13.1. The molecule has 0 unspecified atom stereocenters. The number of methoxy groups -OCH3 is 1. The third-order valence-electron chi connectivity index (χ3n) is 4.42. The van der Waals surface area contributed by atoms with Gasteiger partial charge in [0.15, 0.2) is 0 Å². The molecule has 4 nitrogen and oxygen atoms in total. The zero-order valence-corrected chi connectivity index (χ0v) is 18.8. The predicted octanol–water partition coefficient (Wildman–Crippen LogP) is 6.06. The molecule has 0 bridgehead atoms. The van der Waals surface area contributed by atoms with E-state index in [0.29, 0.717) is 27.8 Å². The van der Waals surface area contributed by atoms with Crippen molar-refractivity contribution < 1.29 is 13.2 Å². The molecule has 29 heavy (non-hydrogen) atoms. The van der Waals surface area contributed by atoms with Crippen molar-refractivity contribution >= 4 is 39.1 Å². The third kappa shape index (κ3) is 5.26. The van der Waals surface area contributed by atoms with Crippen molar-refractivity contribution in [1.82, 2.24) is 0 Å². The summed E-state index contributed by atoms with van der Waals surface area (Å²) in [5.41, 5.74) is 3.06. The highest BCUT2D eigenvalue weighted by Crippen LogP contribution is 2.33. The fraction of sp³-hybridized carbons (Fsp3) is 0.182. The Hall–Kier alpha value is -2.15. The van der Waals surface area contributed by atoms with Crippen LogP contribution in [0.15, 0.2) is 70.5 Å². The molecule has 0 aliphatic carbocycles. The zero-order chi connectivity index (χ0) is 21.0. The lowest BCUT2D eigenvalue weighted by Crippen LogP contribution is -2.15. The van der Waals surface area contributed by atoms with Gasteiger partial charge in [0.2, 0.25) is 0 Å². The lowest BCUT2D eigenvalue weighted by Gasteiger charge is -2.15. The van der Waals surface area contributed by atoms with Gasteiger partial charge in [-0.05, 0) is 66.9 Å². The molecular formula is C22H22ClNO3S2. The lowest BCUT2D eigenvalue weighted by atomic mass is 10.1. The van der Waals surface area contributed by atoms with E-state index in [2.05, 4.69) is 4.72 Å². The first kappa shape index (κ1) is 21.6. The summed E-state index contributed by atoms with van der Waals surface area (Å²) >= 11 is 7.50. The molecular weight excluding hydrogens is 426 g/mol. The van der Waals surface area contributed by atoms with Gasteiger partial charge in [0.05, 0.1) is 17.7 Å². The molecule has 0 heterocycles. The number of aryl methyl sites for hydroxylation is 2. The molecule has 0 saturated heterocycles. The number of benzene rings is 3. The van der Waals surface area contributed by atoms with Gasteiger partial charge in [-0.2, -0.15) is 0 Å². The quantitative estimate of drug-likeness (QED) is 0.447. The van der Waals surface area contributed by atoms with Crippen LogP contribution in [-0.4, -0.2) is 15.5 Å². The summed E-state index contributed by atoms with van der Waals surface area (Å²) in [5, 5.41) is 0.692. The Kier molecular flexibility index (Phi) is 6.77. The first-order valence-corrected chi connectivity index (χ1v) is 11.8. The maximum Gasteiger partial charge on any atom is 0.262 e. The Balaban J connectivity index is 1.84. The van der Waals surface area contributed by atoms with Crippen LogP contribution < -0.4 is 9.46 Å². The summed E-state index contributed by atoms with van der Waals surface area (Å²) in [7, 11) is -2.17. The van der Waals surface area contributed by atoms with Crippen molar-refractivity contribution in [3.05, 3.63) is 82.4 Å². The highest BCUT2D eigenvalue weighted by Gasteiger charge is 2.20. The second kappa shape index (κ2) is 9.11. The predicted molar refractivity (Wildman–Crippen MR) is 121 cm³/mol. The molecule has 3 aromatic rings. The minimum absolute atomic E-state index is 0.244. The molecule has 0 spiro atoms. The first-order chi connectivity index (χ1) is 13.8. The summed E-state index contributed by atoms with van der Waals surface area (Å²) in [6.07, 6.45) is 0. The first-order valence-electron chi connectivity index (χ1n) is 8.94. The fourth-order valence-electron chi connectivity index (χ4n) is 2.89. The maximum absolute atomic E-state index is 13.1. The monoisotopic (exact) mass is 447 g/mol. The summed E-state index contributed by atoms with van der Waals surface area (Å²) in [6.45, 7) is 3.59. The Labute approximate surface area is 181 Å². The summed E-state index contributed by atoms with van der Waals surface area (Å²) in [6, 6.07) is 18.4. The highest BCUT2D eigenvalue weighted by molar-refractivity contribution is 7.98. The number of nitrogens with one attached hydrogen (secondary N) is 1. The molecule has 0 saturated carbocycles. The van der Waals surface area contributed by atoms with Crippen molar-refractivity contribution in [2.75, 3.05) is 11.8 Å². The molecule has 0 aliphatic heterocycles. The van der Waals surface area contributed by atoms with E-state index in [0.717, 1.165) is 16.0 Å². The Morgan fingerprint density at radius 1 is 1.00 bits per heavy atom. The number of sulfonamides is 1. The van der Waals surface area contributed by atoms with Crippen LogP contribution in [0.2, 0.25) is 5.02 Å². The molecule has 0 aromatic heterocycles.